The Balaban J connectivity index is 1.94. The molecule has 0 aromatic heterocycles. The molecule has 0 atom stereocenters. The lowest BCUT2D eigenvalue weighted by Gasteiger charge is -2.27. The molecule has 1 aliphatic rings. The van der Waals surface area contributed by atoms with E-state index in [-0.39, 0.29) is 36.2 Å². The third-order valence-electron chi connectivity index (χ3n) is 4.36. The molecule has 9 heteroatoms. The molecule has 1 heterocycles. The number of hydrogen-bond donors (Lipinski definition) is 2. The lowest BCUT2D eigenvalue weighted by molar-refractivity contribution is -0.128. The Labute approximate surface area is 166 Å². The number of ether oxygens (including phenoxy) is 1. The second kappa shape index (κ2) is 9.49. The summed E-state index contributed by atoms with van der Waals surface area (Å²) in [4.78, 5) is 24.1. The smallest absolute Gasteiger partial charge is 0.243 e. The zero-order chi connectivity index (χ0) is 20.8. The van der Waals surface area contributed by atoms with Crippen LogP contribution in [-0.4, -0.2) is 57.4 Å². The van der Waals surface area contributed by atoms with Crippen LogP contribution in [0.15, 0.2) is 29.2 Å². The van der Waals surface area contributed by atoms with Gasteiger partial charge in [0, 0.05) is 38.0 Å². The van der Waals surface area contributed by atoms with Gasteiger partial charge >= 0.3 is 0 Å². The molecule has 0 unspecified atom stereocenters. The van der Waals surface area contributed by atoms with E-state index in [9.17, 15) is 18.0 Å². The van der Waals surface area contributed by atoms with Crippen molar-refractivity contribution in [3.05, 3.63) is 29.8 Å². The van der Waals surface area contributed by atoms with Crippen LogP contribution in [0.25, 0.3) is 0 Å². The van der Waals surface area contributed by atoms with Crippen LogP contribution in [0.2, 0.25) is 0 Å². The van der Waals surface area contributed by atoms with Crippen molar-refractivity contribution in [3.8, 4) is 0 Å². The highest BCUT2D eigenvalue weighted by Gasteiger charge is 2.28. The number of amides is 2. The Hall–Kier alpha value is -1.97. The predicted molar refractivity (Wildman–Crippen MR) is 105 cm³/mol. The fourth-order valence-electron chi connectivity index (χ4n) is 2.66. The summed E-state index contributed by atoms with van der Waals surface area (Å²) < 4.78 is 32.4. The van der Waals surface area contributed by atoms with E-state index in [2.05, 4.69) is 10.6 Å². The maximum Gasteiger partial charge on any atom is 0.243 e. The minimum Gasteiger partial charge on any atom is -0.379 e. The third-order valence-corrected chi connectivity index (χ3v) is 6.35. The van der Waals surface area contributed by atoms with Gasteiger partial charge in [0.2, 0.25) is 21.8 Å². The monoisotopic (exact) mass is 411 g/mol. The van der Waals surface area contributed by atoms with Gasteiger partial charge in [-0.15, -0.1) is 0 Å². The second-order valence-corrected chi connectivity index (χ2v) is 9.56. The van der Waals surface area contributed by atoms with Gasteiger partial charge in [0.25, 0.3) is 0 Å². The molecule has 156 valence electrons. The summed E-state index contributed by atoms with van der Waals surface area (Å²) in [5, 5.41) is 5.45. The Morgan fingerprint density at radius 2 is 1.75 bits per heavy atom. The molecule has 2 amide bonds. The molecule has 0 saturated carbocycles. The van der Waals surface area contributed by atoms with Crippen LogP contribution in [0.5, 0.6) is 0 Å². The van der Waals surface area contributed by atoms with Gasteiger partial charge in [-0.1, -0.05) is 39.0 Å². The number of sulfonamides is 1. The Morgan fingerprint density at radius 1 is 1.11 bits per heavy atom. The summed E-state index contributed by atoms with van der Waals surface area (Å²) in [6.07, 6.45) is 0.125. The number of carbonyl (C=O) groups excluding carboxylic acids is 2. The van der Waals surface area contributed by atoms with Crippen molar-refractivity contribution in [2.75, 3.05) is 32.8 Å². The fourth-order valence-corrected chi connectivity index (χ4v) is 4.29. The molecule has 2 rings (SSSR count). The second-order valence-electron chi connectivity index (χ2n) is 7.66. The first kappa shape index (κ1) is 22.3. The molecule has 0 bridgehead atoms. The number of rotatable bonds is 7. The van der Waals surface area contributed by atoms with E-state index in [1.165, 1.54) is 4.31 Å². The van der Waals surface area contributed by atoms with Gasteiger partial charge in [0.05, 0.1) is 18.1 Å². The molecule has 1 aromatic rings. The van der Waals surface area contributed by atoms with Crippen molar-refractivity contribution >= 4 is 21.8 Å². The maximum atomic E-state index is 12.9. The van der Waals surface area contributed by atoms with Crippen LogP contribution in [0.3, 0.4) is 0 Å². The lowest BCUT2D eigenvalue weighted by atomic mass is 9.96. The van der Waals surface area contributed by atoms with Crippen LogP contribution in [0, 0.1) is 5.41 Å². The van der Waals surface area contributed by atoms with Crippen LogP contribution < -0.4 is 10.6 Å². The van der Waals surface area contributed by atoms with E-state index >= 15 is 0 Å². The Kier molecular flexibility index (Phi) is 7.56. The van der Waals surface area contributed by atoms with Gasteiger partial charge in [0.1, 0.15) is 0 Å². The van der Waals surface area contributed by atoms with Gasteiger partial charge in [-0.3, -0.25) is 9.59 Å². The molecular weight excluding hydrogens is 382 g/mol. The normalized spacial score (nSPS) is 15.8. The molecule has 1 aromatic carbocycles. The predicted octanol–water partition coefficient (Wildman–Crippen LogP) is 0.876. The van der Waals surface area contributed by atoms with Crippen LogP contribution >= 0.6 is 0 Å². The average Bonchev–Trinajstić information content (AvgIpc) is 2.66. The molecule has 0 aliphatic carbocycles. The number of nitrogens with zero attached hydrogens (tertiary/aromatic N) is 1. The van der Waals surface area contributed by atoms with Crippen molar-refractivity contribution in [1.29, 1.82) is 0 Å². The highest BCUT2D eigenvalue weighted by molar-refractivity contribution is 7.89. The molecule has 28 heavy (non-hydrogen) atoms. The molecule has 0 spiro atoms. The Morgan fingerprint density at radius 3 is 2.39 bits per heavy atom. The number of morpholine rings is 1. The number of nitrogens with one attached hydrogen (secondary N) is 2. The minimum atomic E-state index is -3.64. The maximum absolute atomic E-state index is 12.9. The molecule has 0 radical (unpaired) electrons. The molecular formula is C19H29N3O5S. The lowest BCUT2D eigenvalue weighted by Crippen LogP contribution is -2.41. The van der Waals surface area contributed by atoms with E-state index in [1.54, 1.807) is 45.0 Å². The quantitative estimate of drug-likeness (QED) is 0.693. The van der Waals surface area contributed by atoms with E-state index in [0.29, 0.717) is 31.9 Å². The minimum absolute atomic E-state index is 0.103. The van der Waals surface area contributed by atoms with Crippen LogP contribution in [0.1, 0.15) is 32.8 Å². The standard InChI is InChI=1S/C19H29N3O5S/c1-19(2,3)18(24)20-9-8-17(23)21-14-15-6-4-5-7-16(15)28(25,26)22-10-12-27-13-11-22/h4-7H,8-14H2,1-3H3,(H,20,24)(H,21,23). The van der Waals surface area contributed by atoms with Crippen molar-refractivity contribution in [2.45, 2.75) is 38.6 Å². The van der Waals surface area contributed by atoms with Crippen LogP contribution in [0.4, 0.5) is 0 Å². The van der Waals surface area contributed by atoms with Gasteiger partial charge in [-0.05, 0) is 11.6 Å². The van der Waals surface area contributed by atoms with Crippen LogP contribution in [-0.2, 0) is 30.9 Å². The van der Waals surface area contributed by atoms with Crippen molar-refractivity contribution < 1.29 is 22.7 Å². The zero-order valence-corrected chi connectivity index (χ0v) is 17.5. The highest BCUT2D eigenvalue weighted by atomic mass is 32.2. The fraction of sp³-hybridized carbons (Fsp3) is 0.579. The number of benzene rings is 1. The van der Waals surface area contributed by atoms with Gasteiger partial charge in [-0.25, -0.2) is 8.42 Å². The molecule has 1 fully saturated rings. The number of carbonyl (C=O) groups is 2. The van der Waals surface area contributed by atoms with E-state index < -0.39 is 15.4 Å². The van der Waals surface area contributed by atoms with Crippen molar-refractivity contribution in [3.63, 3.8) is 0 Å². The SMILES string of the molecule is CC(C)(C)C(=O)NCCC(=O)NCc1ccccc1S(=O)(=O)N1CCOCC1. The van der Waals surface area contributed by atoms with Crippen molar-refractivity contribution in [1.82, 2.24) is 14.9 Å². The summed E-state index contributed by atoms with van der Waals surface area (Å²) in [7, 11) is -3.64. The van der Waals surface area contributed by atoms with E-state index in [1.807, 2.05) is 0 Å². The highest BCUT2D eigenvalue weighted by Crippen LogP contribution is 2.21. The molecule has 8 nitrogen and oxygen atoms in total. The zero-order valence-electron chi connectivity index (χ0n) is 16.7. The largest absolute Gasteiger partial charge is 0.379 e. The first-order chi connectivity index (χ1) is 13.1. The van der Waals surface area contributed by atoms with Crippen molar-refractivity contribution in [2.24, 2.45) is 5.41 Å². The third kappa shape index (κ3) is 6.02. The summed E-state index contributed by atoms with van der Waals surface area (Å²) >= 11 is 0. The van der Waals surface area contributed by atoms with Gasteiger partial charge < -0.3 is 15.4 Å². The first-order valence-corrected chi connectivity index (χ1v) is 10.8. The average molecular weight is 412 g/mol. The molecule has 1 saturated heterocycles. The molecule has 2 N–H and O–H groups in total. The van der Waals surface area contributed by atoms with E-state index in [4.69, 9.17) is 4.74 Å². The molecule has 1 aliphatic heterocycles. The van der Waals surface area contributed by atoms with Gasteiger partial charge in [-0.2, -0.15) is 4.31 Å². The van der Waals surface area contributed by atoms with E-state index in [0.717, 1.165) is 0 Å². The summed E-state index contributed by atoms with van der Waals surface area (Å²) in [6, 6.07) is 6.65. The Bertz CT molecular complexity index is 796. The van der Waals surface area contributed by atoms with Gasteiger partial charge in [0.15, 0.2) is 0 Å². The number of hydrogen-bond acceptors (Lipinski definition) is 5. The summed E-state index contributed by atoms with van der Waals surface area (Å²) in [6.45, 7) is 7.11. The summed E-state index contributed by atoms with van der Waals surface area (Å²) in [5.74, 6) is -0.380. The summed E-state index contributed by atoms with van der Waals surface area (Å²) in [5.41, 5.74) is 0.0181. The topological polar surface area (TPSA) is 105 Å². The first-order valence-electron chi connectivity index (χ1n) is 9.33.